The van der Waals surface area contributed by atoms with Crippen molar-refractivity contribution in [2.45, 2.75) is 9.79 Å². The van der Waals surface area contributed by atoms with Crippen molar-refractivity contribution in [3.05, 3.63) is 114 Å². The van der Waals surface area contributed by atoms with Crippen LogP contribution in [0.4, 0.5) is 10.1 Å². The van der Waals surface area contributed by atoms with Gasteiger partial charge in [0.15, 0.2) is 0 Å². The Morgan fingerprint density at radius 1 is 0.825 bits per heavy atom. The molecule has 0 spiro atoms. The van der Waals surface area contributed by atoms with E-state index in [2.05, 4.69) is 0 Å². The van der Waals surface area contributed by atoms with E-state index < -0.39 is 21.6 Å². The molecular formula is C30H22FN3O5S. The van der Waals surface area contributed by atoms with Gasteiger partial charge < -0.3 is 21.3 Å². The van der Waals surface area contributed by atoms with Gasteiger partial charge in [0.2, 0.25) is 9.84 Å². The summed E-state index contributed by atoms with van der Waals surface area (Å²) in [5, 5.41) is 19.2. The number of carboxylic acid groups (broad SMARTS) is 1. The van der Waals surface area contributed by atoms with E-state index in [-0.39, 0.29) is 43.8 Å². The van der Waals surface area contributed by atoms with Crippen molar-refractivity contribution in [3.8, 4) is 22.6 Å². The largest absolute Gasteiger partial charge is 0.478 e. The number of aromatic carboxylic acids is 1. The minimum atomic E-state index is -4.09. The Balaban J connectivity index is 1.66. The van der Waals surface area contributed by atoms with E-state index in [0.717, 1.165) is 35.0 Å². The van der Waals surface area contributed by atoms with Crippen LogP contribution in [0.25, 0.3) is 21.9 Å². The summed E-state index contributed by atoms with van der Waals surface area (Å²) in [7, 11) is -4.09. The van der Waals surface area contributed by atoms with Crippen LogP contribution in [0, 0.1) is 11.2 Å². The van der Waals surface area contributed by atoms with Gasteiger partial charge in [0, 0.05) is 22.4 Å². The number of sulfone groups is 1. The van der Waals surface area contributed by atoms with Crippen LogP contribution in [0.15, 0.2) is 107 Å². The third-order valence-corrected chi connectivity index (χ3v) is 8.10. The molecule has 200 valence electrons. The molecule has 0 aliphatic rings. The van der Waals surface area contributed by atoms with Gasteiger partial charge in [-0.05, 0) is 77.5 Å². The van der Waals surface area contributed by atoms with Gasteiger partial charge in [-0.15, -0.1) is 0 Å². The van der Waals surface area contributed by atoms with Gasteiger partial charge in [-0.25, -0.2) is 17.6 Å². The average Bonchev–Trinajstić information content (AvgIpc) is 2.92. The first-order chi connectivity index (χ1) is 19.0. The molecule has 0 saturated heterocycles. The van der Waals surface area contributed by atoms with Crippen molar-refractivity contribution < 1.29 is 27.4 Å². The molecule has 0 bridgehead atoms. The summed E-state index contributed by atoms with van der Waals surface area (Å²) in [6, 6.07) is 23.5. The summed E-state index contributed by atoms with van der Waals surface area (Å²) in [4.78, 5) is 11.9. The van der Waals surface area contributed by atoms with Gasteiger partial charge >= 0.3 is 5.97 Å². The van der Waals surface area contributed by atoms with Gasteiger partial charge in [-0.1, -0.05) is 30.3 Å². The summed E-state index contributed by atoms with van der Waals surface area (Å²) in [6.45, 7) is 0. The summed E-state index contributed by atoms with van der Waals surface area (Å²) in [6.07, 6.45) is 0. The van der Waals surface area contributed by atoms with E-state index in [1.165, 1.54) is 30.3 Å². The van der Waals surface area contributed by atoms with Crippen LogP contribution in [0.1, 0.15) is 15.9 Å². The Labute approximate surface area is 228 Å². The first-order valence-electron chi connectivity index (χ1n) is 11.9. The third kappa shape index (κ3) is 4.95. The lowest BCUT2D eigenvalue weighted by atomic mass is 9.97. The van der Waals surface area contributed by atoms with E-state index >= 15 is 0 Å². The van der Waals surface area contributed by atoms with Gasteiger partial charge in [0.05, 0.1) is 15.4 Å². The molecule has 0 fully saturated rings. The maximum Gasteiger partial charge on any atom is 0.338 e. The Morgan fingerprint density at radius 3 is 2.20 bits per heavy atom. The molecule has 0 aromatic heterocycles. The van der Waals surface area contributed by atoms with E-state index in [9.17, 15) is 22.7 Å². The van der Waals surface area contributed by atoms with Crippen LogP contribution < -0.4 is 16.2 Å². The van der Waals surface area contributed by atoms with Gasteiger partial charge in [0.1, 0.15) is 23.2 Å². The number of anilines is 1. The van der Waals surface area contributed by atoms with E-state index in [1.54, 1.807) is 42.5 Å². The highest BCUT2D eigenvalue weighted by Gasteiger charge is 2.24. The maximum absolute atomic E-state index is 13.4. The van der Waals surface area contributed by atoms with Gasteiger partial charge in [-0.3, -0.25) is 5.41 Å². The Morgan fingerprint density at radius 2 is 1.50 bits per heavy atom. The molecule has 0 aliphatic carbocycles. The topological polar surface area (TPSA) is 157 Å². The minimum absolute atomic E-state index is 0.00488. The van der Waals surface area contributed by atoms with Crippen molar-refractivity contribution in [3.63, 3.8) is 0 Å². The summed E-state index contributed by atoms with van der Waals surface area (Å²) < 4.78 is 46.4. The first-order valence-corrected chi connectivity index (χ1v) is 13.4. The maximum atomic E-state index is 13.4. The van der Waals surface area contributed by atoms with Crippen molar-refractivity contribution in [2.75, 3.05) is 5.73 Å². The van der Waals surface area contributed by atoms with Gasteiger partial charge in [0.25, 0.3) is 0 Å². The highest BCUT2D eigenvalue weighted by molar-refractivity contribution is 7.91. The van der Waals surface area contributed by atoms with Crippen molar-refractivity contribution in [1.29, 1.82) is 5.41 Å². The molecule has 0 atom stereocenters. The van der Waals surface area contributed by atoms with Crippen LogP contribution in [-0.2, 0) is 9.84 Å². The predicted octanol–water partition coefficient (Wildman–Crippen LogP) is 5.84. The zero-order valence-corrected chi connectivity index (χ0v) is 21.6. The van der Waals surface area contributed by atoms with Crippen molar-refractivity contribution >= 4 is 38.1 Å². The molecular weight excluding hydrogens is 533 g/mol. The number of amidine groups is 1. The fourth-order valence-electron chi connectivity index (χ4n) is 4.34. The number of nitrogen functional groups attached to an aromatic ring is 2. The number of carboxylic acids is 1. The molecule has 5 rings (SSSR count). The molecule has 0 aliphatic heterocycles. The van der Waals surface area contributed by atoms with Gasteiger partial charge in [-0.2, -0.15) is 0 Å². The number of halogens is 1. The van der Waals surface area contributed by atoms with E-state index in [0.29, 0.717) is 11.3 Å². The normalized spacial score (nSPS) is 11.3. The molecule has 5 aromatic carbocycles. The highest BCUT2D eigenvalue weighted by atomic mass is 32.2. The molecule has 0 heterocycles. The fraction of sp³-hybridized carbons (Fsp3) is 0. The summed E-state index contributed by atoms with van der Waals surface area (Å²) in [5.74, 6) is -1.34. The number of benzene rings is 5. The number of hydrogen-bond donors (Lipinski definition) is 4. The number of ether oxygens (including phenoxy) is 1. The molecule has 10 heteroatoms. The SMILES string of the molecule is N=C(N)c1ccc2cc(Oc3ccc(S(=O)(=O)c4ccc(F)cc4)cc3-c3cccc(N)c3C(=O)O)ccc2c1. The molecule has 0 unspecified atom stereocenters. The molecule has 0 radical (unpaired) electrons. The number of nitrogens with one attached hydrogen (secondary N) is 1. The quantitative estimate of drug-likeness (QED) is 0.0851. The third-order valence-electron chi connectivity index (χ3n) is 6.34. The number of fused-ring (bicyclic) bond motifs is 1. The molecule has 40 heavy (non-hydrogen) atoms. The lowest BCUT2D eigenvalue weighted by molar-refractivity contribution is 0.0699. The van der Waals surface area contributed by atoms with E-state index in [4.69, 9.17) is 21.6 Å². The summed E-state index contributed by atoms with van der Waals surface area (Å²) in [5.41, 5.74) is 12.3. The second kappa shape index (κ2) is 10.2. The number of rotatable bonds is 7. The molecule has 6 N–H and O–H groups in total. The van der Waals surface area contributed by atoms with E-state index in [1.807, 2.05) is 0 Å². The number of nitrogens with two attached hydrogens (primary N) is 2. The van der Waals surface area contributed by atoms with Crippen molar-refractivity contribution in [1.82, 2.24) is 0 Å². The van der Waals surface area contributed by atoms with Crippen LogP contribution in [0.2, 0.25) is 0 Å². The fourth-order valence-corrected chi connectivity index (χ4v) is 5.63. The number of hydrogen-bond acceptors (Lipinski definition) is 6. The van der Waals surface area contributed by atoms with Crippen molar-refractivity contribution in [2.24, 2.45) is 5.73 Å². The predicted molar refractivity (Wildman–Crippen MR) is 150 cm³/mol. The monoisotopic (exact) mass is 555 g/mol. The smallest absolute Gasteiger partial charge is 0.338 e. The first kappa shape index (κ1) is 26.4. The Kier molecular flexibility index (Phi) is 6.70. The molecule has 0 saturated carbocycles. The Bertz CT molecular complexity index is 1920. The zero-order valence-electron chi connectivity index (χ0n) is 20.8. The second-order valence-corrected chi connectivity index (χ2v) is 10.9. The second-order valence-electron chi connectivity index (χ2n) is 8.93. The highest BCUT2D eigenvalue weighted by Crippen LogP contribution is 2.40. The Hall–Kier alpha value is -5.22. The molecule has 0 amide bonds. The zero-order chi connectivity index (χ0) is 28.6. The molecule has 8 nitrogen and oxygen atoms in total. The van der Waals surface area contributed by atoms with Crippen LogP contribution in [0.5, 0.6) is 11.5 Å². The van der Waals surface area contributed by atoms with Crippen LogP contribution in [0.3, 0.4) is 0 Å². The number of carbonyl (C=O) groups is 1. The average molecular weight is 556 g/mol. The lowest BCUT2D eigenvalue weighted by Gasteiger charge is -2.16. The standard InChI is InChI=1S/C30H22FN3O5S/c31-20-7-10-22(11-8-20)40(37,38)23-12-13-27(25(16-23)24-2-1-3-26(32)28(24)30(35)36)39-21-9-6-17-14-19(29(33)34)5-4-18(17)15-21/h1-16H,32H2,(H3,33,34)(H,35,36). The molecule has 5 aromatic rings. The van der Waals surface area contributed by atoms with Crippen LogP contribution >= 0.6 is 0 Å². The lowest BCUT2D eigenvalue weighted by Crippen LogP contribution is -2.10. The summed E-state index contributed by atoms with van der Waals surface area (Å²) >= 11 is 0. The van der Waals surface area contributed by atoms with Crippen LogP contribution in [-0.4, -0.2) is 25.3 Å². The minimum Gasteiger partial charge on any atom is -0.478 e.